The Morgan fingerprint density at radius 3 is 2.36 bits per heavy atom. The third-order valence-corrected chi connectivity index (χ3v) is 5.31. The number of carbonyl (C=O) groups is 1. The maximum atomic E-state index is 12.6. The van der Waals surface area contributed by atoms with E-state index in [4.69, 9.17) is 11.6 Å². The Morgan fingerprint density at radius 2 is 1.64 bits per heavy atom. The zero-order chi connectivity index (χ0) is 20.0. The molecule has 0 aliphatic carbocycles. The lowest BCUT2D eigenvalue weighted by Crippen LogP contribution is -2.19. The molecule has 0 fully saturated rings. The van der Waals surface area contributed by atoms with Crippen molar-refractivity contribution in [3.05, 3.63) is 95.0 Å². The number of benzene rings is 3. The fourth-order valence-corrected chi connectivity index (χ4v) is 3.54. The number of hydrazone groups is 1. The van der Waals surface area contributed by atoms with Gasteiger partial charge in [0.05, 0.1) is 11.1 Å². The van der Waals surface area contributed by atoms with E-state index in [1.807, 2.05) is 30.3 Å². The van der Waals surface area contributed by atoms with Crippen molar-refractivity contribution in [3.63, 3.8) is 0 Å². The fourth-order valence-electron chi connectivity index (χ4n) is 2.31. The fraction of sp³-hybridized carbons (Fsp3) is 0. The molecular weight excluding hydrogens is 398 g/mol. The average Bonchev–Trinajstić information content (AvgIpc) is 2.70. The number of sulfonamides is 1. The van der Waals surface area contributed by atoms with Gasteiger partial charge in [0, 0.05) is 16.3 Å². The van der Waals surface area contributed by atoms with Gasteiger partial charge in [0.25, 0.3) is 15.9 Å². The maximum Gasteiger partial charge on any atom is 0.271 e. The van der Waals surface area contributed by atoms with Crippen LogP contribution >= 0.6 is 11.6 Å². The van der Waals surface area contributed by atoms with Crippen LogP contribution in [0.1, 0.15) is 15.9 Å². The van der Waals surface area contributed by atoms with Crippen LogP contribution in [0, 0.1) is 0 Å². The quantitative estimate of drug-likeness (QED) is 0.474. The summed E-state index contributed by atoms with van der Waals surface area (Å²) in [6.07, 6.45) is 1.50. The first-order valence-electron chi connectivity index (χ1n) is 8.21. The number of hydrogen-bond donors (Lipinski definition) is 2. The summed E-state index contributed by atoms with van der Waals surface area (Å²) in [6.45, 7) is 0. The Bertz CT molecular complexity index is 1100. The van der Waals surface area contributed by atoms with Gasteiger partial charge in [-0.25, -0.2) is 13.8 Å². The van der Waals surface area contributed by atoms with Gasteiger partial charge in [-0.15, -0.1) is 0 Å². The molecule has 0 radical (unpaired) electrons. The van der Waals surface area contributed by atoms with Crippen molar-refractivity contribution in [2.75, 3.05) is 4.72 Å². The molecule has 0 bridgehead atoms. The highest BCUT2D eigenvalue weighted by molar-refractivity contribution is 7.92. The van der Waals surface area contributed by atoms with E-state index in [0.29, 0.717) is 10.7 Å². The third kappa shape index (κ3) is 5.18. The molecule has 0 heterocycles. The Labute approximate surface area is 167 Å². The standard InChI is InChI=1S/C20H16ClN3O3S/c21-17-9-11-18(12-10-17)24-28(26,27)19-8-4-7-16(13-19)20(25)23-22-14-15-5-2-1-3-6-15/h1-14,24H,(H,23,25)/b22-14-. The van der Waals surface area contributed by atoms with E-state index in [1.165, 1.54) is 30.5 Å². The molecule has 0 atom stereocenters. The van der Waals surface area contributed by atoms with Crippen LogP contribution in [-0.2, 0) is 10.0 Å². The molecule has 0 saturated carbocycles. The van der Waals surface area contributed by atoms with E-state index in [-0.39, 0.29) is 10.5 Å². The van der Waals surface area contributed by atoms with Gasteiger partial charge in [-0.05, 0) is 48.0 Å². The van der Waals surface area contributed by atoms with Crippen molar-refractivity contribution in [1.29, 1.82) is 0 Å². The monoisotopic (exact) mass is 413 g/mol. The molecular formula is C20H16ClN3O3S. The predicted molar refractivity (Wildman–Crippen MR) is 110 cm³/mol. The van der Waals surface area contributed by atoms with Crippen LogP contribution in [0.15, 0.2) is 88.9 Å². The predicted octanol–water partition coefficient (Wildman–Crippen LogP) is 3.90. The first-order chi connectivity index (χ1) is 13.4. The molecule has 3 aromatic rings. The van der Waals surface area contributed by atoms with E-state index in [2.05, 4.69) is 15.2 Å². The minimum atomic E-state index is -3.86. The molecule has 1 amide bonds. The summed E-state index contributed by atoms with van der Waals surface area (Å²) in [5, 5.41) is 4.38. The van der Waals surface area contributed by atoms with Gasteiger partial charge in [-0.3, -0.25) is 9.52 Å². The molecule has 0 saturated heterocycles. The van der Waals surface area contributed by atoms with Gasteiger partial charge in [-0.1, -0.05) is 48.0 Å². The second-order valence-electron chi connectivity index (χ2n) is 5.75. The summed E-state index contributed by atoms with van der Waals surface area (Å²) < 4.78 is 27.6. The van der Waals surface area contributed by atoms with Gasteiger partial charge in [0.2, 0.25) is 0 Å². The third-order valence-electron chi connectivity index (χ3n) is 3.68. The number of nitrogens with zero attached hydrogens (tertiary/aromatic N) is 1. The highest BCUT2D eigenvalue weighted by Crippen LogP contribution is 2.19. The Kier molecular flexibility index (Phi) is 6.08. The van der Waals surface area contributed by atoms with Crippen molar-refractivity contribution in [3.8, 4) is 0 Å². The lowest BCUT2D eigenvalue weighted by molar-refractivity contribution is 0.0955. The molecule has 2 N–H and O–H groups in total. The highest BCUT2D eigenvalue weighted by Gasteiger charge is 2.16. The second kappa shape index (κ2) is 8.69. The molecule has 3 rings (SSSR count). The first kappa shape index (κ1) is 19.6. The second-order valence-corrected chi connectivity index (χ2v) is 7.87. The summed E-state index contributed by atoms with van der Waals surface area (Å²) >= 11 is 5.80. The summed E-state index contributed by atoms with van der Waals surface area (Å²) in [7, 11) is -3.86. The van der Waals surface area contributed by atoms with Gasteiger partial charge >= 0.3 is 0 Å². The van der Waals surface area contributed by atoms with Crippen LogP contribution in [0.3, 0.4) is 0 Å². The van der Waals surface area contributed by atoms with Gasteiger partial charge in [0.1, 0.15) is 0 Å². The average molecular weight is 414 g/mol. The number of amides is 1. The largest absolute Gasteiger partial charge is 0.280 e. The van der Waals surface area contributed by atoms with E-state index < -0.39 is 15.9 Å². The number of carbonyl (C=O) groups excluding carboxylic acids is 1. The SMILES string of the molecule is O=C(N/N=C\c1ccccc1)c1cccc(S(=O)(=O)Nc2ccc(Cl)cc2)c1. The molecule has 0 unspecified atom stereocenters. The van der Waals surface area contributed by atoms with Crippen molar-refractivity contribution in [2.24, 2.45) is 5.10 Å². The van der Waals surface area contributed by atoms with Crippen molar-refractivity contribution < 1.29 is 13.2 Å². The zero-order valence-electron chi connectivity index (χ0n) is 14.5. The van der Waals surface area contributed by atoms with Crippen LogP contribution in [-0.4, -0.2) is 20.5 Å². The van der Waals surface area contributed by atoms with Crippen molar-refractivity contribution in [2.45, 2.75) is 4.90 Å². The van der Waals surface area contributed by atoms with Crippen molar-refractivity contribution >= 4 is 39.4 Å². The van der Waals surface area contributed by atoms with Gasteiger partial charge < -0.3 is 0 Å². The van der Waals surface area contributed by atoms with E-state index >= 15 is 0 Å². The van der Waals surface area contributed by atoms with E-state index in [1.54, 1.807) is 24.3 Å². The zero-order valence-corrected chi connectivity index (χ0v) is 16.1. The first-order valence-corrected chi connectivity index (χ1v) is 10.1. The number of hydrogen-bond acceptors (Lipinski definition) is 4. The lowest BCUT2D eigenvalue weighted by atomic mass is 10.2. The Balaban J connectivity index is 1.72. The normalized spacial score (nSPS) is 11.3. The minimum Gasteiger partial charge on any atom is -0.280 e. The highest BCUT2D eigenvalue weighted by atomic mass is 35.5. The molecule has 28 heavy (non-hydrogen) atoms. The minimum absolute atomic E-state index is 0.0397. The topological polar surface area (TPSA) is 87.6 Å². The number of anilines is 1. The van der Waals surface area contributed by atoms with Crippen LogP contribution in [0.2, 0.25) is 5.02 Å². The van der Waals surface area contributed by atoms with Crippen molar-refractivity contribution in [1.82, 2.24) is 5.43 Å². The maximum absolute atomic E-state index is 12.6. The molecule has 0 aliphatic rings. The molecule has 142 valence electrons. The summed E-state index contributed by atoms with van der Waals surface area (Å²) in [6, 6.07) is 21.2. The number of halogens is 1. The van der Waals surface area contributed by atoms with Gasteiger partial charge in [-0.2, -0.15) is 5.10 Å². The van der Waals surface area contributed by atoms with Crippen LogP contribution < -0.4 is 10.1 Å². The van der Waals surface area contributed by atoms with E-state index in [9.17, 15) is 13.2 Å². The molecule has 3 aromatic carbocycles. The van der Waals surface area contributed by atoms with Crippen LogP contribution in [0.5, 0.6) is 0 Å². The van der Waals surface area contributed by atoms with E-state index in [0.717, 1.165) is 5.56 Å². The molecule has 6 nitrogen and oxygen atoms in total. The van der Waals surface area contributed by atoms with Crippen LogP contribution in [0.25, 0.3) is 0 Å². The Morgan fingerprint density at radius 1 is 0.929 bits per heavy atom. The molecule has 8 heteroatoms. The van der Waals surface area contributed by atoms with Crippen LogP contribution in [0.4, 0.5) is 5.69 Å². The lowest BCUT2D eigenvalue weighted by Gasteiger charge is -2.09. The Hall–Kier alpha value is -3.16. The smallest absolute Gasteiger partial charge is 0.271 e. The molecule has 0 spiro atoms. The van der Waals surface area contributed by atoms with Gasteiger partial charge in [0.15, 0.2) is 0 Å². The molecule has 0 aliphatic heterocycles. The number of nitrogens with one attached hydrogen (secondary N) is 2. The summed E-state index contributed by atoms with van der Waals surface area (Å²) in [5.41, 5.74) is 3.75. The summed E-state index contributed by atoms with van der Waals surface area (Å²) in [5.74, 6) is -0.518. The number of rotatable bonds is 6. The summed E-state index contributed by atoms with van der Waals surface area (Å²) in [4.78, 5) is 12.2. The molecule has 0 aromatic heterocycles.